The molecule has 8 rings (SSSR count). The van der Waals surface area contributed by atoms with Gasteiger partial charge in [0, 0.05) is 0 Å². The smallest absolute Gasteiger partial charge is 0.125 e. The van der Waals surface area contributed by atoms with E-state index in [1.807, 2.05) is 0 Å². The van der Waals surface area contributed by atoms with Crippen LogP contribution in [-0.4, -0.2) is 69.3 Å². The van der Waals surface area contributed by atoms with Crippen LogP contribution in [0.4, 0.5) is 17.6 Å². The number of aliphatic hydroxyl groups is 4. The molecule has 0 radical (unpaired) electrons. The third-order valence-electron chi connectivity index (χ3n) is 11.7. The van der Waals surface area contributed by atoms with Crippen molar-refractivity contribution in [3.63, 3.8) is 0 Å². The maximum Gasteiger partial charge on any atom is 0.125 e. The molecule has 12 heteroatoms. The van der Waals surface area contributed by atoms with E-state index in [0.717, 1.165) is 22.3 Å². The molecular weight excluding hydrogens is 756 g/mol. The highest BCUT2D eigenvalue weighted by molar-refractivity contribution is 5.38. The Morgan fingerprint density at radius 2 is 0.621 bits per heavy atom. The molecule has 0 bridgehead atoms. The number of rotatable bonds is 12. The first-order chi connectivity index (χ1) is 28.0. The molecule has 0 amide bonds. The lowest BCUT2D eigenvalue weighted by atomic mass is 9.94. The fourth-order valence-corrected chi connectivity index (χ4v) is 8.41. The predicted octanol–water partition coefficient (Wildman–Crippen LogP) is 7.89. The van der Waals surface area contributed by atoms with Gasteiger partial charge in [-0.05, 0) is 185 Å². The van der Waals surface area contributed by atoms with Gasteiger partial charge in [0.2, 0.25) is 0 Å². The van der Waals surface area contributed by atoms with E-state index >= 15 is 0 Å². The topological polar surface area (TPSA) is 118 Å². The number of aliphatic hydroxyl groups excluding tert-OH is 4. The normalized spacial score (nSPS) is 22.6. The molecule has 0 aliphatic carbocycles. The van der Waals surface area contributed by atoms with Crippen LogP contribution in [0, 0.1) is 23.3 Å². The number of aryl methyl sites for hydroxylation is 4. The fourth-order valence-electron chi connectivity index (χ4n) is 8.41. The van der Waals surface area contributed by atoms with Crippen LogP contribution >= 0.6 is 0 Å². The summed E-state index contributed by atoms with van der Waals surface area (Å²) in [5.74, 6) is 1.41. The first kappa shape index (κ1) is 41.8. The van der Waals surface area contributed by atoms with Gasteiger partial charge in [0.15, 0.2) is 0 Å². The molecule has 4 aromatic carbocycles. The summed E-state index contributed by atoms with van der Waals surface area (Å²) < 4.78 is 76.5. The average molecular weight is 809 g/mol. The Hall–Kier alpha value is -4.36. The summed E-state index contributed by atoms with van der Waals surface area (Å²) in [4.78, 5) is 0. The summed E-state index contributed by atoms with van der Waals surface area (Å²) in [5.41, 5.74) is 3.33. The van der Waals surface area contributed by atoms with E-state index in [4.69, 9.17) is 18.9 Å². The molecule has 4 heterocycles. The zero-order valence-electron chi connectivity index (χ0n) is 32.4. The van der Waals surface area contributed by atoms with Gasteiger partial charge in [-0.25, -0.2) is 17.6 Å². The second-order valence-electron chi connectivity index (χ2n) is 15.9. The van der Waals surface area contributed by atoms with E-state index in [2.05, 4.69) is 0 Å². The Morgan fingerprint density at radius 3 is 0.845 bits per heavy atom. The summed E-state index contributed by atoms with van der Waals surface area (Å²) in [5, 5.41) is 41.9. The van der Waals surface area contributed by atoms with Crippen LogP contribution < -0.4 is 18.9 Å². The van der Waals surface area contributed by atoms with Gasteiger partial charge in [-0.2, -0.15) is 0 Å². The van der Waals surface area contributed by atoms with Crippen molar-refractivity contribution in [2.24, 2.45) is 0 Å². The van der Waals surface area contributed by atoms with Gasteiger partial charge in [-0.15, -0.1) is 0 Å². The van der Waals surface area contributed by atoms with Crippen LogP contribution in [0.3, 0.4) is 0 Å². The summed E-state index contributed by atoms with van der Waals surface area (Å²) in [6.07, 6.45) is 4.69. The minimum atomic E-state index is -0.642. The molecule has 4 aliphatic rings. The Labute approximate surface area is 336 Å². The lowest BCUT2D eigenvalue weighted by Gasteiger charge is -2.31. The van der Waals surface area contributed by atoms with Crippen LogP contribution in [0.15, 0.2) is 72.8 Å². The van der Waals surface area contributed by atoms with E-state index in [0.29, 0.717) is 113 Å². The first-order valence-electron chi connectivity index (χ1n) is 20.5. The van der Waals surface area contributed by atoms with Crippen molar-refractivity contribution < 1.29 is 56.9 Å². The average Bonchev–Trinajstić information content (AvgIpc) is 3.22. The first-order valence-corrected chi connectivity index (χ1v) is 20.5. The van der Waals surface area contributed by atoms with E-state index < -0.39 is 24.4 Å². The van der Waals surface area contributed by atoms with Gasteiger partial charge in [0.25, 0.3) is 0 Å². The number of hydrogen-bond donors (Lipinski definition) is 4. The van der Waals surface area contributed by atoms with Crippen molar-refractivity contribution in [1.82, 2.24) is 0 Å². The largest absolute Gasteiger partial charge is 0.487 e. The molecule has 8 atom stereocenters. The molecule has 4 N–H and O–H groups in total. The van der Waals surface area contributed by atoms with Gasteiger partial charge >= 0.3 is 0 Å². The molecular formula is C46H52F4O8. The molecule has 4 aliphatic heterocycles. The minimum Gasteiger partial charge on any atom is -0.487 e. The summed E-state index contributed by atoms with van der Waals surface area (Å²) in [7, 11) is 0. The Bertz CT molecular complexity index is 1720. The standard InChI is InChI=1S/2C23H26F2O4/c2*24-16-6-10-20-14(12-16)4-8-22(28-20)18(26)2-1-3-19(27)23-9-5-15-13-17(25)7-11-21(15)29-23/h2*6-7,10-13,18-19,22-23,26-27H,1-5,8-9H2. The van der Waals surface area contributed by atoms with Crippen molar-refractivity contribution in [3.05, 3.63) is 118 Å². The molecule has 58 heavy (non-hydrogen) atoms. The third-order valence-corrected chi connectivity index (χ3v) is 11.7. The molecule has 0 saturated heterocycles. The molecule has 312 valence electrons. The summed E-state index contributed by atoms with van der Waals surface area (Å²) in [6, 6.07) is 17.8. The van der Waals surface area contributed by atoms with Gasteiger partial charge in [-0.3, -0.25) is 0 Å². The van der Waals surface area contributed by atoms with Gasteiger partial charge in [0.1, 0.15) is 70.7 Å². The molecule has 0 fully saturated rings. The Morgan fingerprint density at radius 1 is 0.397 bits per heavy atom. The summed E-state index contributed by atoms with van der Waals surface area (Å²) >= 11 is 0. The van der Waals surface area contributed by atoms with Crippen LogP contribution in [0.2, 0.25) is 0 Å². The van der Waals surface area contributed by atoms with Crippen LogP contribution in [0.1, 0.15) is 86.5 Å². The van der Waals surface area contributed by atoms with Crippen LogP contribution in [-0.2, 0) is 25.7 Å². The zero-order chi connectivity index (χ0) is 40.8. The SMILES string of the molecule is OC(CCCC(O)C1CCc2cc(F)ccc2O1)C1CCc2cc(F)ccc2O1.OC(CCCC(O)C1CCc2cc(F)ccc2O1)C1CCc2cc(F)ccc2O1. The van der Waals surface area contributed by atoms with E-state index in [1.165, 1.54) is 48.5 Å². The van der Waals surface area contributed by atoms with E-state index in [-0.39, 0.29) is 47.7 Å². The number of fused-ring (bicyclic) bond motifs is 4. The Balaban J connectivity index is 0.000000177. The molecule has 0 spiro atoms. The molecule has 0 saturated carbocycles. The quantitative estimate of drug-likeness (QED) is 0.107. The lowest BCUT2D eigenvalue weighted by molar-refractivity contribution is 0.00128. The second kappa shape index (κ2) is 19.1. The maximum atomic E-state index is 13.3. The second-order valence-corrected chi connectivity index (χ2v) is 15.9. The lowest BCUT2D eigenvalue weighted by Crippen LogP contribution is -2.36. The minimum absolute atomic E-state index is 0.280. The summed E-state index contributed by atoms with van der Waals surface area (Å²) in [6.45, 7) is 0. The van der Waals surface area contributed by atoms with Crippen molar-refractivity contribution >= 4 is 0 Å². The van der Waals surface area contributed by atoms with Crippen LogP contribution in [0.25, 0.3) is 0 Å². The van der Waals surface area contributed by atoms with Crippen LogP contribution in [0.5, 0.6) is 23.0 Å². The highest BCUT2D eigenvalue weighted by atomic mass is 19.1. The van der Waals surface area contributed by atoms with Gasteiger partial charge in [-0.1, -0.05) is 0 Å². The maximum absolute atomic E-state index is 13.3. The van der Waals surface area contributed by atoms with Gasteiger partial charge < -0.3 is 39.4 Å². The fraction of sp³-hybridized carbons (Fsp3) is 0.478. The van der Waals surface area contributed by atoms with E-state index in [1.54, 1.807) is 24.3 Å². The number of hydrogen-bond acceptors (Lipinski definition) is 8. The zero-order valence-corrected chi connectivity index (χ0v) is 32.4. The van der Waals surface area contributed by atoms with E-state index in [9.17, 15) is 38.0 Å². The van der Waals surface area contributed by atoms with Crippen molar-refractivity contribution in [1.29, 1.82) is 0 Å². The van der Waals surface area contributed by atoms with Crippen molar-refractivity contribution in [2.75, 3.05) is 0 Å². The molecule has 8 nitrogen and oxygen atoms in total. The highest BCUT2D eigenvalue weighted by Gasteiger charge is 2.31. The number of ether oxygens (including phenoxy) is 4. The molecule has 8 unspecified atom stereocenters. The molecule has 0 aromatic heterocycles. The third kappa shape index (κ3) is 10.6. The Kier molecular flexibility index (Phi) is 13.8. The predicted molar refractivity (Wildman–Crippen MR) is 208 cm³/mol. The van der Waals surface area contributed by atoms with Crippen molar-refractivity contribution in [3.8, 4) is 23.0 Å². The monoisotopic (exact) mass is 808 g/mol. The highest BCUT2D eigenvalue weighted by Crippen LogP contribution is 2.34. The number of benzene rings is 4. The van der Waals surface area contributed by atoms with Gasteiger partial charge in [0.05, 0.1) is 24.4 Å². The number of halogens is 4. The van der Waals surface area contributed by atoms with Crippen molar-refractivity contribution in [2.45, 2.75) is 139 Å². The molecule has 4 aromatic rings.